The van der Waals surface area contributed by atoms with Crippen molar-refractivity contribution in [3.05, 3.63) is 0 Å². The van der Waals surface area contributed by atoms with E-state index in [1.807, 2.05) is 0 Å². The summed E-state index contributed by atoms with van der Waals surface area (Å²) in [5.41, 5.74) is 0.984. The number of likely N-dealkylation sites (tertiary alicyclic amines) is 1. The van der Waals surface area contributed by atoms with Gasteiger partial charge in [-0.05, 0) is 36.6 Å². The molecule has 0 saturated carbocycles. The van der Waals surface area contributed by atoms with Gasteiger partial charge in [-0.25, -0.2) is 0 Å². The summed E-state index contributed by atoms with van der Waals surface area (Å²) < 4.78 is 0. The van der Waals surface area contributed by atoms with E-state index in [0.29, 0.717) is 10.8 Å². The predicted molar refractivity (Wildman–Crippen MR) is 68.1 cm³/mol. The van der Waals surface area contributed by atoms with Crippen molar-refractivity contribution in [2.45, 2.75) is 53.9 Å². The van der Waals surface area contributed by atoms with Crippen LogP contribution in [-0.4, -0.2) is 25.0 Å². The van der Waals surface area contributed by atoms with Gasteiger partial charge in [0.05, 0.1) is 0 Å². The molecule has 1 aliphatic rings. The molecule has 0 spiro atoms. The monoisotopic (exact) mass is 211 g/mol. The van der Waals surface area contributed by atoms with Gasteiger partial charge in [0.15, 0.2) is 0 Å². The number of rotatable bonds is 1. The van der Waals surface area contributed by atoms with Crippen molar-refractivity contribution in [1.82, 2.24) is 4.90 Å². The molecule has 0 aliphatic carbocycles. The molecule has 1 heterocycles. The molecule has 1 rings (SSSR count). The average Bonchev–Trinajstić information content (AvgIpc) is 1.96. The summed E-state index contributed by atoms with van der Waals surface area (Å²) in [6.07, 6.45) is 4.12. The standard InChI is InChI=1S/C14H29N/c1-7-12-8-13(2,3)10-15(6)11-14(4,5)9-12/h12H,7-11H2,1-6H3. The minimum Gasteiger partial charge on any atom is -0.305 e. The van der Waals surface area contributed by atoms with E-state index in [1.165, 1.54) is 32.4 Å². The van der Waals surface area contributed by atoms with Gasteiger partial charge >= 0.3 is 0 Å². The zero-order valence-corrected chi connectivity index (χ0v) is 11.6. The highest BCUT2D eigenvalue weighted by atomic mass is 15.1. The van der Waals surface area contributed by atoms with Crippen LogP contribution in [0.4, 0.5) is 0 Å². The van der Waals surface area contributed by atoms with Gasteiger partial charge in [0.1, 0.15) is 0 Å². The smallest absolute Gasteiger partial charge is 0.00300 e. The summed E-state index contributed by atoms with van der Waals surface area (Å²) in [5, 5.41) is 0. The van der Waals surface area contributed by atoms with Crippen LogP contribution in [-0.2, 0) is 0 Å². The van der Waals surface area contributed by atoms with Crippen molar-refractivity contribution in [3.8, 4) is 0 Å². The Morgan fingerprint density at radius 1 is 1.00 bits per heavy atom. The summed E-state index contributed by atoms with van der Waals surface area (Å²) in [6, 6.07) is 0. The zero-order chi connectivity index (χ0) is 11.7. The van der Waals surface area contributed by atoms with Crippen LogP contribution in [0.2, 0.25) is 0 Å². The number of hydrogen-bond donors (Lipinski definition) is 0. The van der Waals surface area contributed by atoms with Crippen LogP contribution in [0.1, 0.15) is 53.9 Å². The molecule has 0 aromatic rings. The highest BCUT2D eigenvalue weighted by molar-refractivity contribution is 4.85. The van der Waals surface area contributed by atoms with Gasteiger partial charge in [-0.1, -0.05) is 41.0 Å². The van der Waals surface area contributed by atoms with E-state index in [0.717, 1.165) is 5.92 Å². The molecule has 15 heavy (non-hydrogen) atoms. The lowest BCUT2D eigenvalue weighted by atomic mass is 9.72. The molecule has 0 aromatic heterocycles. The minimum atomic E-state index is 0.492. The molecule has 0 unspecified atom stereocenters. The largest absolute Gasteiger partial charge is 0.305 e. The highest BCUT2D eigenvalue weighted by Gasteiger charge is 2.33. The third-order valence-corrected chi connectivity index (χ3v) is 3.66. The van der Waals surface area contributed by atoms with Gasteiger partial charge in [0.25, 0.3) is 0 Å². The lowest BCUT2D eigenvalue weighted by Crippen LogP contribution is -2.42. The lowest BCUT2D eigenvalue weighted by Gasteiger charge is -2.42. The van der Waals surface area contributed by atoms with E-state index in [-0.39, 0.29) is 0 Å². The van der Waals surface area contributed by atoms with E-state index in [1.54, 1.807) is 0 Å². The first-order chi connectivity index (χ1) is 6.74. The maximum atomic E-state index is 2.52. The Morgan fingerprint density at radius 2 is 1.40 bits per heavy atom. The fourth-order valence-electron chi connectivity index (χ4n) is 3.57. The van der Waals surface area contributed by atoms with Crippen molar-refractivity contribution >= 4 is 0 Å². The SMILES string of the molecule is CCC1CC(C)(C)CN(C)CC(C)(C)C1. The van der Waals surface area contributed by atoms with Crippen molar-refractivity contribution in [2.24, 2.45) is 16.7 Å². The normalized spacial score (nSPS) is 28.4. The van der Waals surface area contributed by atoms with Crippen LogP contribution in [0.3, 0.4) is 0 Å². The second-order valence-electron chi connectivity index (χ2n) is 7.18. The molecule has 0 N–H and O–H groups in total. The first-order valence-corrected chi connectivity index (χ1v) is 6.43. The first kappa shape index (κ1) is 13.0. The molecule has 0 atom stereocenters. The second kappa shape index (κ2) is 4.45. The molecule has 1 saturated heterocycles. The van der Waals surface area contributed by atoms with Crippen molar-refractivity contribution in [1.29, 1.82) is 0 Å². The van der Waals surface area contributed by atoms with Gasteiger partial charge in [-0.2, -0.15) is 0 Å². The fraction of sp³-hybridized carbons (Fsp3) is 1.00. The lowest BCUT2D eigenvalue weighted by molar-refractivity contribution is 0.0737. The Kier molecular flexibility index (Phi) is 3.86. The molecular formula is C14H29N. The summed E-state index contributed by atoms with van der Waals surface area (Å²) >= 11 is 0. The van der Waals surface area contributed by atoms with Crippen molar-refractivity contribution in [2.75, 3.05) is 20.1 Å². The summed E-state index contributed by atoms with van der Waals surface area (Å²) in [4.78, 5) is 2.52. The highest BCUT2D eigenvalue weighted by Crippen LogP contribution is 2.38. The predicted octanol–water partition coefficient (Wildman–Crippen LogP) is 3.79. The average molecular weight is 211 g/mol. The summed E-state index contributed by atoms with van der Waals surface area (Å²) in [7, 11) is 2.27. The fourth-order valence-corrected chi connectivity index (χ4v) is 3.57. The van der Waals surface area contributed by atoms with Crippen LogP contribution >= 0.6 is 0 Å². The van der Waals surface area contributed by atoms with Crippen LogP contribution in [0.15, 0.2) is 0 Å². The Bertz CT molecular complexity index is 185. The van der Waals surface area contributed by atoms with Crippen LogP contribution in [0, 0.1) is 16.7 Å². The van der Waals surface area contributed by atoms with Gasteiger partial charge in [-0.15, -0.1) is 0 Å². The van der Waals surface area contributed by atoms with Crippen LogP contribution < -0.4 is 0 Å². The molecule has 90 valence electrons. The van der Waals surface area contributed by atoms with Gasteiger partial charge < -0.3 is 4.90 Å². The zero-order valence-electron chi connectivity index (χ0n) is 11.6. The molecule has 0 radical (unpaired) electrons. The summed E-state index contributed by atoms with van der Waals surface area (Å²) in [5.74, 6) is 0.920. The quantitative estimate of drug-likeness (QED) is 0.638. The Morgan fingerprint density at radius 3 is 1.73 bits per heavy atom. The Balaban J connectivity index is 2.75. The minimum absolute atomic E-state index is 0.492. The maximum absolute atomic E-state index is 2.52. The van der Waals surface area contributed by atoms with Crippen molar-refractivity contribution < 1.29 is 0 Å². The molecule has 0 amide bonds. The van der Waals surface area contributed by atoms with E-state index in [4.69, 9.17) is 0 Å². The number of nitrogens with zero attached hydrogens (tertiary/aromatic N) is 1. The molecule has 0 bridgehead atoms. The summed E-state index contributed by atoms with van der Waals surface area (Å²) in [6.45, 7) is 14.5. The van der Waals surface area contributed by atoms with Gasteiger partial charge in [0, 0.05) is 13.1 Å². The van der Waals surface area contributed by atoms with Gasteiger partial charge in [0.2, 0.25) is 0 Å². The van der Waals surface area contributed by atoms with E-state index in [2.05, 4.69) is 46.6 Å². The maximum Gasteiger partial charge on any atom is 0.00300 e. The molecule has 1 fully saturated rings. The van der Waals surface area contributed by atoms with Crippen LogP contribution in [0.25, 0.3) is 0 Å². The third-order valence-electron chi connectivity index (χ3n) is 3.66. The Hall–Kier alpha value is -0.0400. The molecule has 0 aromatic carbocycles. The molecule has 1 nitrogen and oxygen atoms in total. The topological polar surface area (TPSA) is 3.24 Å². The first-order valence-electron chi connectivity index (χ1n) is 6.43. The molecule has 1 heteroatoms. The Labute approximate surface area is 96.2 Å². The third kappa shape index (κ3) is 4.14. The van der Waals surface area contributed by atoms with Crippen LogP contribution in [0.5, 0.6) is 0 Å². The van der Waals surface area contributed by atoms with E-state index < -0.39 is 0 Å². The van der Waals surface area contributed by atoms with Gasteiger partial charge in [-0.3, -0.25) is 0 Å². The molecular weight excluding hydrogens is 182 g/mol. The molecule has 1 aliphatic heterocycles. The van der Waals surface area contributed by atoms with E-state index in [9.17, 15) is 0 Å². The number of hydrogen-bond acceptors (Lipinski definition) is 1. The second-order valence-corrected chi connectivity index (χ2v) is 7.18. The van der Waals surface area contributed by atoms with Crippen molar-refractivity contribution in [3.63, 3.8) is 0 Å². The van der Waals surface area contributed by atoms with E-state index >= 15 is 0 Å².